The van der Waals surface area contributed by atoms with Gasteiger partial charge >= 0.3 is 0 Å². The first-order valence-corrected chi connectivity index (χ1v) is 8.24. The van der Waals surface area contributed by atoms with Crippen molar-refractivity contribution in [3.63, 3.8) is 0 Å². The third-order valence-corrected chi connectivity index (χ3v) is 3.95. The Morgan fingerprint density at radius 1 is 0.469 bits per heavy atom. The van der Waals surface area contributed by atoms with Crippen LogP contribution in [0.25, 0.3) is 0 Å². The van der Waals surface area contributed by atoms with Crippen LogP contribution in [-0.4, -0.2) is 11.4 Å². The summed E-state index contributed by atoms with van der Waals surface area (Å²) in [7, 11) is 0. The van der Waals surface area contributed by atoms with Gasteiger partial charge in [0, 0.05) is 0 Å². The zero-order valence-electron chi connectivity index (χ0n) is 15.9. The van der Waals surface area contributed by atoms with Gasteiger partial charge in [-0.05, 0) is 13.8 Å². The van der Waals surface area contributed by atoms with E-state index >= 15 is 0 Å². The SMILES string of the molecule is CC(=NOCc1c(F)c(F)c(F)c(F)c1F)C(C)=NOCc1c(F)c(F)c(F)c(F)c1F. The molecule has 0 aliphatic rings. The summed E-state index contributed by atoms with van der Waals surface area (Å²) in [5.74, 6) is -21.9. The molecule has 0 aliphatic heterocycles. The normalized spacial score (nSPS) is 12.4. The fourth-order valence-electron chi connectivity index (χ4n) is 2.07. The van der Waals surface area contributed by atoms with Gasteiger partial charge in [0.1, 0.15) is 24.6 Å². The van der Waals surface area contributed by atoms with Gasteiger partial charge in [0.25, 0.3) is 0 Å². The average molecular weight is 476 g/mol. The van der Waals surface area contributed by atoms with E-state index in [-0.39, 0.29) is 11.4 Å². The Morgan fingerprint density at radius 3 is 0.938 bits per heavy atom. The molecule has 0 saturated carbocycles. The molecule has 0 N–H and O–H groups in total. The number of hydrogen-bond acceptors (Lipinski definition) is 4. The van der Waals surface area contributed by atoms with Crippen molar-refractivity contribution < 1.29 is 53.6 Å². The highest BCUT2D eigenvalue weighted by Crippen LogP contribution is 2.24. The Kier molecular flexibility index (Phi) is 7.69. The van der Waals surface area contributed by atoms with Crippen LogP contribution in [0.4, 0.5) is 43.9 Å². The third-order valence-electron chi connectivity index (χ3n) is 3.95. The Hall–Kier alpha value is -3.32. The van der Waals surface area contributed by atoms with E-state index in [0.717, 1.165) is 0 Å². The molecule has 2 aromatic carbocycles. The van der Waals surface area contributed by atoms with Crippen LogP contribution in [0.1, 0.15) is 25.0 Å². The van der Waals surface area contributed by atoms with Crippen molar-refractivity contribution >= 4 is 11.4 Å². The molecule has 0 heterocycles. The third kappa shape index (κ3) is 4.78. The molecule has 0 bridgehead atoms. The highest BCUT2D eigenvalue weighted by molar-refractivity contribution is 6.40. The molecule has 0 saturated heterocycles. The maximum atomic E-state index is 13.5. The van der Waals surface area contributed by atoms with Crippen LogP contribution in [0.2, 0.25) is 0 Å². The number of benzene rings is 2. The second kappa shape index (κ2) is 9.87. The van der Waals surface area contributed by atoms with Crippen LogP contribution in [0, 0.1) is 58.2 Å². The van der Waals surface area contributed by atoms with Gasteiger partial charge < -0.3 is 9.68 Å². The second-order valence-corrected chi connectivity index (χ2v) is 6.00. The van der Waals surface area contributed by atoms with Crippen LogP contribution in [0.3, 0.4) is 0 Å². The zero-order chi connectivity index (χ0) is 24.3. The molecule has 0 fully saturated rings. The van der Waals surface area contributed by atoms with Gasteiger partial charge in [-0.1, -0.05) is 10.3 Å². The Bertz CT molecular complexity index is 972. The van der Waals surface area contributed by atoms with E-state index < -0.39 is 82.5 Å². The van der Waals surface area contributed by atoms with Crippen molar-refractivity contribution in [2.24, 2.45) is 10.3 Å². The number of oxime groups is 2. The van der Waals surface area contributed by atoms with Crippen molar-refractivity contribution in [2.45, 2.75) is 27.1 Å². The van der Waals surface area contributed by atoms with Gasteiger partial charge in [-0.15, -0.1) is 0 Å². The summed E-state index contributed by atoms with van der Waals surface area (Å²) >= 11 is 0. The summed E-state index contributed by atoms with van der Waals surface area (Å²) in [5, 5.41) is 6.60. The van der Waals surface area contributed by atoms with E-state index in [4.69, 9.17) is 0 Å². The fourth-order valence-corrected chi connectivity index (χ4v) is 2.07. The maximum absolute atomic E-state index is 13.5. The second-order valence-electron chi connectivity index (χ2n) is 6.00. The lowest BCUT2D eigenvalue weighted by atomic mass is 10.2. The molecule has 0 aromatic heterocycles. The number of halogens is 10. The fraction of sp³-hybridized carbons (Fsp3) is 0.222. The predicted octanol–water partition coefficient (Wildman–Crippen LogP) is 5.56. The molecule has 0 radical (unpaired) electrons. The van der Waals surface area contributed by atoms with E-state index in [1.165, 1.54) is 13.8 Å². The summed E-state index contributed by atoms with van der Waals surface area (Å²) in [4.78, 5) is 9.03. The lowest BCUT2D eigenvalue weighted by Crippen LogP contribution is -2.11. The quantitative estimate of drug-likeness (QED) is 0.173. The maximum Gasteiger partial charge on any atom is 0.200 e. The highest BCUT2D eigenvalue weighted by atomic mass is 19.2. The largest absolute Gasteiger partial charge is 0.390 e. The van der Waals surface area contributed by atoms with E-state index in [2.05, 4.69) is 20.0 Å². The predicted molar refractivity (Wildman–Crippen MR) is 88.3 cm³/mol. The van der Waals surface area contributed by atoms with Gasteiger partial charge in [0.05, 0.1) is 11.1 Å². The minimum Gasteiger partial charge on any atom is -0.390 e. The molecule has 2 aromatic rings. The molecule has 174 valence electrons. The Labute approximate surface area is 172 Å². The summed E-state index contributed by atoms with van der Waals surface area (Å²) in [6.45, 7) is 0.0297. The first kappa shape index (κ1) is 24.9. The minimum atomic E-state index is -2.35. The number of hydrogen-bond donors (Lipinski definition) is 0. The van der Waals surface area contributed by atoms with Gasteiger partial charge in [-0.3, -0.25) is 0 Å². The van der Waals surface area contributed by atoms with Crippen molar-refractivity contribution in [1.29, 1.82) is 0 Å². The van der Waals surface area contributed by atoms with Gasteiger partial charge in [0.2, 0.25) is 11.6 Å². The number of nitrogens with zero attached hydrogens (tertiary/aromatic N) is 2. The summed E-state index contributed by atoms with van der Waals surface area (Å²) < 4.78 is 133. The first-order valence-electron chi connectivity index (χ1n) is 8.24. The monoisotopic (exact) mass is 476 g/mol. The zero-order valence-corrected chi connectivity index (χ0v) is 15.9. The van der Waals surface area contributed by atoms with Crippen LogP contribution >= 0.6 is 0 Å². The average Bonchev–Trinajstić information content (AvgIpc) is 2.77. The van der Waals surface area contributed by atoms with Crippen molar-refractivity contribution in [2.75, 3.05) is 0 Å². The molecule has 4 nitrogen and oxygen atoms in total. The van der Waals surface area contributed by atoms with Gasteiger partial charge in [-0.25, -0.2) is 43.9 Å². The first-order chi connectivity index (χ1) is 14.9. The topological polar surface area (TPSA) is 43.2 Å². The Balaban J connectivity index is 2.09. The molecule has 32 heavy (non-hydrogen) atoms. The highest BCUT2D eigenvalue weighted by Gasteiger charge is 2.27. The van der Waals surface area contributed by atoms with Crippen LogP contribution in [0.5, 0.6) is 0 Å². The van der Waals surface area contributed by atoms with E-state index in [1.54, 1.807) is 0 Å². The van der Waals surface area contributed by atoms with E-state index in [0.29, 0.717) is 0 Å². The van der Waals surface area contributed by atoms with Gasteiger partial charge in [-0.2, -0.15) is 0 Å². The smallest absolute Gasteiger partial charge is 0.200 e. The minimum absolute atomic E-state index is 0.189. The summed E-state index contributed by atoms with van der Waals surface area (Å²) in [5.41, 5.74) is -2.97. The van der Waals surface area contributed by atoms with Crippen molar-refractivity contribution in [1.82, 2.24) is 0 Å². The molecular weight excluding hydrogens is 466 g/mol. The molecule has 0 spiro atoms. The van der Waals surface area contributed by atoms with Crippen LogP contribution in [-0.2, 0) is 22.9 Å². The molecule has 0 unspecified atom stereocenters. The standard InChI is InChI=1S/C18H10F10N2O2/c1-5(29-31-3-7-9(19)13(23)17(27)14(24)10(7)20)6(2)30-32-4-8-11(21)15(25)18(28)16(26)12(8)22/h3-4H2,1-2H3. The van der Waals surface area contributed by atoms with Crippen molar-refractivity contribution in [3.8, 4) is 0 Å². The van der Waals surface area contributed by atoms with Crippen LogP contribution in [0.15, 0.2) is 10.3 Å². The lowest BCUT2D eigenvalue weighted by Gasteiger charge is -2.08. The number of rotatable bonds is 7. The van der Waals surface area contributed by atoms with Crippen LogP contribution < -0.4 is 0 Å². The summed E-state index contributed by atoms with van der Waals surface area (Å²) in [6, 6.07) is 0. The van der Waals surface area contributed by atoms with E-state index in [9.17, 15) is 43.9 Å². The molecule has 2 rings (SSSR count). The van der Waals surface area contributed by atoms with Crippen molar-refractivity contribution in [3.05, 3.63) is 69.3 Å². The summed E-state index contributed by atoms with van der Waals surface area (Å²) in [6.07, 6.45) is 0. The lowest BCUT2D eigenvalue weighted by molar-refractivity contribution is 0.120. The molecule has 0 aliphatic carbocycles. The molecule has 0 amide bonds. The van der Waals surface area contributed by atoms with Gasteiger partial charge in [0.15, 0.2) is 46.5 Å². The molecular formula is C18H10F10N2O2. The molecule has 14 heteroatoms. The molecule has 0 atom stereocenters. The van der Waals surface area contributed by atoms with E-state index in [1.807, 2.05) is 0 Å². The Morgan fingerprint density at radius 2 is 0.688 bits per heavy atom.